The van der Waals surface area contributed by atoms with Crippen molar-refractivity contribution in [2.24, 2.45) is 0 Å². The molecular weight excluding hydrogens is 802 g/mol. The van der Waals surface area contributed by atoms with E-state index >= 15 is 0 Å². The van der Waals surface area contributed by atoms with Crippen LogP contribution in [-0.2, 0) is 60.9 Å². The minimum Gasteiger partial charge on any atom is -0.497 e. The van der Waals surface area contributed by atoms with E-state index in [9.17, 15) is 0 Å². The van der Waals surface area contributed by atoms with Gasteiger partial charge in [-0.25, -0.2) is 0 Å². The van der Waals surface area contributed by atoms with Gasteiger partial charge in [-0.05, 0) is 47.4 Å². The summed E-state index contributed by atoms with van der Waals surface area (Å²) >= 11 is 0. The minimum absolute atomic E-state index is 0.221. The quantitative estimate of drug-likeness (QED) is 0.0269. The summed E-state index contributed by atoms with van der Waals surface area (Å²) in [5.74, 6) is 1.53. The molecule has 0 N–H and O–H groups in total. The Labute approximate surface area is 352 Å². The number of rotatable bonds is 36. The fourth-order valence-corrected chi connectivity index (χ4v) is 8.40. The number of benzene rings is 3. The van der Waals surface area contributed by atoms with Gasteiger partial charge in [0.1, 0.15) is 17.1 Å². The summed E-state index contributed by atoms with van der Waals surface area (Å²) < 4.78 is 79.3. The largest absolute Gasteiger partial charge is 0.500 e. The summed E-state index contributed by atoms with van der Waals surface area (Å²) in [6.45, 7) is 5.36. The van der Waals surface area contributed by atoms with E-state index in [1.165, 1.54) is 0 Å². The Morgan fingerprint density at radius 1 is 0.492 bits per heavy atom. The van der Waals surface area contributed by atoms with Crippen LogP contribution >= 0.6 is 8.60 Å². The maximum atomic E-state index is 8.81. The van der Waals surface area contributed by atoms with Crippen molar-refractivity contribution in [3.63, 3.8) is 0 Å². The zero-order valence-electron chi connectivity index (χ0n) is 35.1. The van der Waals surface area contributed by atoms with Gasteiger partial charge in [-0.15, -0.1) is 0 Å². The van der Waals surface area contributed by atoms with Gasteiger partial charge in [0.15, 0.2) is 0 Å². The van der Waals surface area contributed by atoms with Crippen molar-refractivity contribution >= 4 is 17.4 Å². The molecule has 0 fully saturated rings. The average molecular weight is 864 g/mol. The number of nitriles is 1. The van der Waals surface area contributed by atoms with Gasteiger partial charge < -0.3 is 64.7 Å². The van der Waals surface area contributed by atoms with Crippen molar-refractivity contribution in [2.75, 3.05) is 128 Å². The molecule has 1 atom stereocenters. The molecule has 17 heteroatoms. The summed E-state index contributed by atoms with van der Waals surface area (Å²) in [5, 5.41) is 8.81. The van der Waals surface area contributed by atoms with Crippen LogP contribution < -0.4 is 9.47 Å². The van der Waals surface area contributed by atoms with Gasteiger partial charge in [0.2, 0.25) is 0 Å². The minimum atomic E-state index is -2.67. The number of hydrogen-bond donors (Lipinski definition) is 0. The van der Waals surface area contributed by atoms with Gasteiger partial charge in [-0.2, -0.15) is 5.26 Å². The van der Waals surface area contributed by atoms with Crippen molar-refractivity contribution in [1.29, 1.82) is 5.26 Å². The van der Waals surface area contributed by atoms with Crippen LogP contribution in [0.25, 0.3) is 0 Å². The summed E-state index contributed by atoms with van der Waals surface area (Å²) in [6, 6.07) is 28.7. The van der Waals surface area contributed by atoms with Crippen molar-refractivity contribution < 1.29 is 64.7 Å². The molecule has 1 unspecified atom stereocenters. The van der Waals surface area contributed by atoms with Gasteiger partial charge in [0.25, 0.3) is 0 Å². The van der Waals surface area contributed by atoms with Crippen LogP contribution in [0.4, 0.5) is 0 Å². The van der Waals surface area contributed by atoms with Gasteiger partial charge in [0.05, 0.1) is 119 Å². The Morgan fingerprint density at radius 3 is 1.34 bits per heavy atom. The van der Waals surface area contributed by atoms with E-state index in [0.29, 0.717) is 91.7 Å². The second-order valence-corrected chi connectivity index (χ2v) is 16.8. The average Bonchev–Trinajstić information content (AvgIpc) is 3.29. The number of nitrogens with zero attached hydrogens (tertiary/aromatic N) is 1. The Hall–Kier alpha value is -3.08. The Bertz CT molecular complexity index is 1460. The summed E-state index contributed by atoms with van der Waals surface area (Å²) in [6.07, 6.45) is 0.881. The van der Waals surface area contributed by atoms with Gasteiger partial charge in [-0.3, -0.25) is 0 Å². The SMILES string of the molecule is COc1ccc(C(OCCOCCOCCOCCOCCOCCOP(OCCC#N)OCCC[Si](OC)(OC)OC)(c2ccccc2)c2ccc(OC)cc2)cc1. The van der Waals surface area contributed by atoms with Crippen LogP contribution in [-0.4, -0.2) is 137 Å². The molecule has 59 heavy (non-hydrogen) atoms. The first-order chi connectivity index (χ1) is 29.0. The highest BCUT2D eigenvalue weighted by Crippen LogP contribution is 2.42. The molecule has 3 aromatic carbocycles. The number of hydrogen-bond acceptors (Lipinski definition) is 15. The zero-order chi connectivity index (χ0) is 42.3. The van der Waals surface area contributed by atoms with Crippen LogP contribution in [0.3, 0.4) is 0 Å². The van der Waals surface area contributed by atoms with E-state index < -0.39 is 23.0 Å². The van der Waals surface area contributed by atoms with Crippen LogP contribution in [0, 0.1) is 11.3 Å². The Morgan fingerprint density at radius 2 is 0.898 bits per heavy atom. The first-order valence-electron chi connectivity index (χ1n) is 19.6. The zero-order valence-corrected chi connectivity index (χ0v) is 37.0. The molecule has 0 amide bonds. The van der Waals surface area contributed by atoms with E-state index in [-0.39, 0.29) is 19.6 Å². The van der Waals surface area contributed by atoms with Crippen molar-refractivity contribution in [2.45, 2.75) is 24.5 Å². The predicted molar refractivity (Wildman–Crippen MR) is 224 cm³/mol. The molecule has 0 spiro atoms. The lowest BCUT2D eigenvalue weighted by atomic mass is 9.80. The molecule has 15 nitrogen and oxygen atoms in total. The second-order valence-electron chi connectivity index (χ2n) is 12.4. The third-order valence-electron chi connectivity index (χ3n) is 8.80. The van der Waals surface area contributed by atoms with E-state index in [4.69, 9.17) is 70.0 Å². The van der Waals surface area contributed by atoms with E-state index in [1.807, 2.05) is 72.8 Å². The maximum Gasteiger partial charge on any atom is 0.500 e. The summed E-state index contributed by atoms with van der Waals surface area (Å²) in [7, 11) is 3.73. The molecule has 0 bridgehead atoms. The van der Waals surface area contributed by atoms with Crippen molar-refractivity contribution in [1.82, 2.24) is 0 Å². The molecule has 0 aliphatic carbocycles. The van der Waals surface area contributed by atoms with Crippen molar-refractivity contribution in [3.05, 3.63) is 95.6 Å². The Kier molecular flexibility index (Phi) is 26.3. The highest BCUT2D eigenvalue weighted by Gasteiger charge is 2.38. The Balaban J connectivity index is 1.24. The van der Waals surface area contributed by atoms with Gasteiger partial charge in [0, 0.05) is 27.4 Å². The van der Waals surface area contributed by atoms with Crippen LogP contribution in [0.1, 0.15) is 29.5 Å². The molecular formula is C42H62NO14PSi. The van der Waals surface area contributed by atoms with Crippen LogP contribution in [0.5, 0.6) is 11.5 Å². The van der Waals surface area contributed by atoms with E-state index in [1.54, 1.807) is 35.5 Å². The molecule has 0 aliphatic heterocycles. The van der Waals surface area contributed by atoms with E-state index in [2.05, 4.69) is 12.1 Å². The van der Waals surface area contributed by atoms with Crippen LogP contribution in [0.2, 0.25) is 6.04 Å². The predicted octanol–water partition coefficient (Wildman–Crippen LogP) is 6.55. The molecule has 0 heterocycles. The summed E-state index contributed by atoms with van der Waals surface area (Å²) in [5.41, 5.74) is 2.02. The number of ether oxygens (including phenoxy) is 8. The van der Waals surface area contributed by atoms with E-state index in [0.717, 1.165) is 28.2 Å². The lowest BCUT2D eigenvalue weighted by Crippen LogP contribution is -2.42. The lowest BCUT2D eigenvalue weighted by molar-refractivity contribution is -0.0393. The van der Waals surface area contributed by atoms with Gasteiger partial charge >= 0.3 is 17.4 Å². The first-order valence-corrected chi connectivity index (χ1v) is 22.6. The first kappa shape index (κ1) is 50.3. The molecule has 0 saturated heterocycles. The fraction of sp³-hybridized carbons (Fsp3) is 0.548. The van der Waals surface area contributed by atoms with Crippen LogP contribution in [0.15, 0.2) is 78.9 Å². The molecule has 3 aromatic rings. The third-order valence-corrected chi connectivity index (χ3v) is 12.8. The monoisotopic (exact) mass is 863 g/mol. The van der Waals surface area contributed by atoms with Gasteiger partial charge in [-0.1, -0.05) is 54.6 Å². The smallest absolute Gasteiger partial charge is 0.497 e. The molecule has 328 valence electrons. The lowest BCUT2D eigenvalue weighted by Gasteiger charge is -2.36. The molecule has 0 aliphatic rings. The molecule has 0 saturated carbocycles. The normalized spacial score (nSPS) is 12.3. The molecule has 0 aromatic heterocycles. The van der Waals surface area contributed by atoms with Crippen molar-refractivity contribution in [3.8, 4) is 17.6 Å². The fourth-order valence-electron chi connectivity index (χ4n) is 5.74. The third kappa shape index (κ3) is 18.2. The standard InChI is InChI=1S/C42H62NO14PSi/c1-44-40-17-13-38(14-18-40)42(37-11-7-6-8-12-37,39-15-19-41(45-2)20-16-39)54-34-32-52-30-28-50-26-24-49-25-27-51-29-31-53-33-35-57-58(55-22-9-21-43)56-23-10-36-59(46-3,47-4)48-5/h6-8,11-20H,9-10,22-36H2,1-5H3. The highest BCUT2D eigenvalue weighted by atomic mass is 31.2. The molecule has 3 rings (SSSR count). The molecule has 0 radical (unpaired) electrons. The highest BCUT2D eigenvalue weighted by molar-refractivity contribution is 7.41. The summed E-state index contributed by atoms with van der Waals surface area (Å²) in [4.78, 5) is 0. The second kappa shape index (κ2) is 30.9. The topological polar surface area (TPSA) is 153 Å². The number of methoxy groups -OCH3 is 2. The maximum absolute atomic E-state index is 8.81.